The van der Waals surface area contributed by atoms with Crippen LogP contribution >= 0.6 is 11.6 Å². The number of nitrogens with zero attached hydrogens (tertiary/aromatic N) is 2. The number of anilines is 1. The van der Waals surface area contributed by atoms with Crippen molar-refractivity contribution in [1.82, 2.24) is 10.1 Å². The molecule has 0 aromatic carbocycles. The molecule has 8 heteroatoms. The van der Waals surface area contributed by atoms with E-state index in [0.717, 1.165) is 0 Å². The predicted octanol–water partition coefficient (Wildman–Crippen LogP) is 2.52. The minimum Gasteiger partial charge on any atom is -0.449 e. The molecule has 0 spiro atoms. The van der Waals surface area contributed by atoms with Gasteiger partial charge < -0.3 is 14.6 Å². The number of nitrogens with one attached hydrogen (secondary N) is 1. The van der Waals surface area contributed by atoms with Crippen molar-refractivity contribution in [2.75, 3.05) is 5.32 Å². The molecule has 1 unspecified atom stereocenters. The van der Waals surface area contributed by atoms with Crippen LogP contribution in [0.5, 0.6) is 0 Å². The third-order valence-corrected chi connectivity index (χ3v) is 3.09. The van der Waals surface area contributed by atoms with E-state index in [2.05, 4.69) is 15.5 Å². The van der Waals surface area contributed by atoms with Crippen molar-refractivity contribution in [3.63, 3.8) is 0 Å². The van der Waals surface area contributed by atoms with Gasteiger partial charge in [-0.05, 0) is 32.9 Å². The number of carbonyl (C=O) groups excluding carboxylic acids is 2. The van der Waals surface area contributed by atoms with Gasteiger partial charge in [0.1, 0.15) is 17.1 Å². The molecule has 0 saturated heterocycles. The first-order valence-corrected chi connectivity index (χ1v) is 6.82. The number of amides is 1. The molecule has 1 amide bonds. The molecule has 0 fully saturated rings. The van der Waals surface area contributed by atoms with Crippen LogP contribution in [-0.4, -0.2) is 28.1 Å². The van der Waals surface area contributed by atoms with E-state index in [1.54, 1.807) is 26.0 Å². The van der Waals surface area contributed by atoms with E-state index in [4.69, 9.17) is 20.9 Å². The fourth-order valence-electron chi connectivity index (χ4n) is 1.73. The lowest BCUT2D eigenvalue weighted by Crippen LogP contribution is -2.30. The molecule has 7 nitrogen and oxygen atoms in total. The zero-order valence-corrected chi connectivity index (χ0v) is 13.0. The molecule has 0 aliphatic carbocycles. The van der Waals surface area contributed by atoms with Gasteiger partial charge in [0.2, 0.25) is 0 Å². The summed E-state index contributed by atoms with van der Waals surface area (Å²) in [5.41, 5.74) is 0.638. The van der Waals surface area contributed by atoms with Gasteiger partial charge in [-0.2, -0.15) is 0 Å². The maximum absolute atomic E-state index is 12.0. The number of carbonyl (C=O) groups is 2. The Hall–Kier alpha value is -2.41. The SMILES string of the molecule is Cc1noc(C)c1C(=O)OC(C)C(=O)Nc1ccc(Cl)cn1. The highest BCUT2D eigenvalue weighted by atomic mass is 35.5. The summed E-state index contributed by atoms with van der Waals surface area (Å²) in [4.78, 5) is 27.9. The van der Waals surface area contributed by atoms with Gasteiger partial charge in [-0.15, -0.1) is 0 Å². The highest BCUT2D eigenvalue weighted by Crippen LogP contribution is 2.15. The Kier molecular flexibility index (Phi) is 4.77. The summed E-state index contributed by atoms with van der Waals surface area (Å²) in [6, 6.07) is 3.13. The van der Waals surface area contributed by atoms with E-state index in [1.807, 2.05) is 0 Å². The predicted molar refractivity (Wildman–Crippen MR) is 78.7 cm³/mol. The summed E-state index contributed by atoms with van der Waals surface area (Å²) in [5, 5.41) is 6.64. The number of esters is 1. The quantitative estimate of drug-likeness (QED) is 0.869. The summed E-state index contributed by atoms with van der Waals surface area (Å²) in [5.74, 6) is -0.512. The second kappa shape index (κ2) is 6.57. The smallest absolute Gasteiger partial charge is 0.344 e. The zero-order chi connectivity index (χ0) is 16.3. The lowest BCUT2D eigenvalue weighted by atomic mass is 10.2. The Morgan fingerprint density at radius 2 is 2.09 bits per heavy atom. The van der Waals surface area contributed by atoms with E-state index >= 15 is 0 Å². The molecule has 2 rings (SSSR count). The van der Waals surface area contributed by atoms with Gasteiger partial charge in [-0.3, -0.25) is 4.79 Å². The van der Waals surface area contributed by atoms with Crippen LogP contribution < -0.4 is 5.32 Å². The molecule has 2 heterocycles. The fourth-order valence-corrected chi connectivity index (χ4v) is 1.84. The average Bonchev–Trinajstić information content (AvgIpc) is 2.80. The van der Waals surface area contributed by atoms with Crippen LogP contribution in [0.4, 0.5) is 5.82 Å². The third kappa shape index (κ3) is 3.62. The maximum Gasteiger partial charge on any atom is 0.344 e. The van der Waals surface area contributed by atoms with Crippen molar-refractivity contribution in [3.05, 3.63) is 40.4 Å². The van der Waals surface area contributed by atoms with Crippen molar-refractivity contribution in [2.45, 2.75) is 26.9 Å². The lowest BCUT2D eigenvalue weighted by Gasteiger charge is -2.13. The van der Waals surface area contributed by atoms with Gasteiger partial charge >= 0.3 is 5.97 Å². The first-order chi connectivity index (χ1) is 10.4. The summed E-state index contributed by atoms with van der Waals surface area (Å²) in [6.07, 6.45) is 0.399. The van der Waals surface area contributed by atoms with E-state index in [0.29, 0.717) is 22.3 Å². The van der Waals surface area contributed by atoms with Crippen molar-refractivity contribution >= 4 is 29.3 Å². The number of halogens is 1. The standard InChI is InChI=1S/C14H14ClN3O4/c1-7-12(8(2)22-18-7)14(20)21-9(3)13(19)17-11-5-4-10(15)6-16-11/h4-6,9H,1-3H3,(H,16,17,19). The van der Waals surface area contributed by atoms with Gasteiger partial charge in [-0.1, -0.05) is 16.8 Å². The molecule has 0 aliphatic heterocycles. The minimum absolute atomic E-state index is 0.226. The van der Waals surface area contributed by atoms with Crippen LogP contribution in [-0.2, 0) is 9.53 Å². The summed E-state index contributed by atoms with van der Waals surface area (Å²) >= 11 is 5.71. The highest BCUT2D eigenvalue weighted by molar-refractivity contribution is 6.30. The van der Waals surface area contributed by atoms with E-state index in [9.17, 15) is 9.59 Å². The Morgan fingerprint density at radius 3 is 2.64 bits per heavy atom. The van der Waals surface area contributed by atoms with Crippen LogP contribution in [0, 0.1) is 13.8 Å². The molecule has 2 aromatic rings. The number of ether oxygens (including phenoxy) is 1. The third-order valence-electron chi connectivity index (χ3n) is 2.87. The lowest BCUT2D eigenvalue weighted by molar-refractivity contribution is -0.123. The average molecular weight is 324 g/mol. The van der Waals surface area contributed by atoms with Gasteiger partial charge in [-0.25, -0.2) is 9.78 Å². The molecule has 0 bridgehead atoms. The Balaban J connectivity index is 1.99. The Labute approximate surface area is 131 Å². The molecule has 116 valence electrons. The summed E-state index contributed by atoms with van der Waals surface area (Å²) in [6.45, 7) is 4.68. The van der Waals surface area contributed by atoms with Gasteiger partial charge in [0.15, 0.2) is 6.10 Å². The van der Waals surface area contributed by atoms with Crippen LogP contribution in [0.2, 0.25) is 5.02 Å². The van der Waals surface area contributed by atoms with Crippen molar-refractivity contribution in [3.8, 4) is 0 Å². The molecule has 22 heavy (non-hydrogen) atoms. The van der Waals surface area contributed by atoms with Gasteiger partial charge in [0.25, 0.3) is 5.91 Å². The number of hydrogen-bond donors (Lipinski definition) is 1. The second-order valence-corrected chi connectivity index (χ2v) is 5.03. The van der Waals surface area contributed by atoms with E-state index in [-0.39, 0.29) is 5.56 Å². The summed E-state index contributed by atoms with van der Waals surface area (Å²) < 4.78 is 10.0. The number of pyridine rings is 1. The molecular formula is C14H14ClN3O4. The normalized spacial score (nSPS) is 11.8. The van der Waals surface area contributed by atoms with Crippen LogP contribution in [0.3, 0.4) is 0 Å². The second-order valence-electron chi connectivity index (χ2n) is 4.60. The number of hydrogen-bond acceptors (Lipinski definition) is 6. The van der Waals surface area contributed by atoms with Crippen molar-refractivity contribution in [2.24, 2.45) is 0 Å². The van der Waals surface area contributed by atoms with Crippen LogP contribution in [0.1, 0.15) is 28.7 Å². The number of rotatable bonds is 4. The fraction of sp³-hybridized carbons (Fsp3) is 0.286. The Morgan fingerprint density at radius 1 is 1.36 bits per heavy atom. The highest BCUT2D eigenvalue weighted by Gasteiger charge is 2.24. The first kappa shape index (κ1) is 16.0. The van der Waals surface area contributed by atoms with Crippen molar-refractivity contribution in [1.29, 1.82) is 0 Å². The summed E-state index contributed by atoms with van der Waals surface area (Å²) in [7, 11) is 0. The zero-order valence-electron chi connectivity index (χ0n) is 12.2. The monoisotopic (exact) mass is 323 g/mol. The number of aromatic nitrogens is 2. The molecule has 1 N–H and O–H groups in total. The molecule has 1 atom stereocenters. The molecule has 0 saturated carbocycles. The Bertz CT molecular complexity index is 677. The maximum atomic E-state index is 12.0. The van der Waals surface area contributed by atoms with Gasteiger partial charge in [0, 0.05) is 6.20 Å². The van der Waals surface area contributed by atoms with E-state index in [1.165, 1.54) is 13.1 Å². The van der Waals surface area contributed by atoms with Crippen molar-refractivity contribution < 1.29 is 18.8 Å². The van der Waals surface area contributed by atoms with Crippen LogP contribution in [0.15, 0.2) is 22.9 Å². The molecule has 0 aliphatic rings. The molecule has 2 aromatic heterocycles. The van der Waals surface area contributed by atoms with E-state index < -0.39 is 18.0 Å². The van der Waals surface area contributed by atoms with Gasteiger partial charge in [0.05, 0.1) is 10.7 Å². The largest absolute Gasteiger partial charge is 0.449 e. The molecule has 0 radical (unpaired) electrons. The minimum atomic E-state index is -1.00. The number of aryl methyl sites for hydroxylation is 2. The van der Waals surface area contributed by atoms with Crippen LogP contribution in [0.25, 0.3) is 0 Å². The first-order valence-electron chi connectivity index (χ1n) is 6.44. The topological polar surface area (TPSA) is 94.3 Å². The molecular weight excluding hydrogens is 310 g/mol.